The molecule has 6 nitrogen and oxygen atoms in total. The number of hydrogen-bond donors (Lipinski definition) is 1. The van der Waals surface area contributed by atoms with Crippen LogP contribution >= 0.6 is 0 Å². The molecule has 3 aromatic rings. The van der Waals surface area contributed by atoms with E-state index in [1.165, 1.54) is 12.1 Å². The summed E-state index contributed by atoms with van der Waals surface area (Å²) < 4.78 is 30.9. The number of rotatable bonds is 8. The van der Waals surface area contributed by atoms with Crippen molar-refractivity contribution in [2.45, 2.75) is 52.5 Å². The molecule has 8 heteroatoms. The molecule has 0 radical (unpaired) electrons. The van der Waals surface area contributed by atoms with Crippen molar-refractivity contribution in [2.24, 2.45) is 0 Å². The maximum absolute atomic E-state index is 14.6. The van der Waals surface area contributed by atoms with Crippen LogP contribution in [0.5, 0.6) is 0 Å². The molecule has 1 N–H and O–H groups in total. The van der Waals surface area contributed by atoms with Gasteiger partial charge in [-0.1, -0.05) is 31.9 Å². The van der Waals surface area contributed by atoms with Crippen LogP contribution in [-0.4, -0.2) is 32.4 Å². The first-order valence-corrected chi connectivity index (χ1v) is 9.99. The van der Waals surface area contributed by atoms with E-state index in [-0.39, 0.29) is 22.9 Å². The molecule has 0 atom stereocenters. The lowest BCUT2D eigenvalue weighted by atomic mass is 10.1. The fourth-order valence-electron chi connectivity index (χ4n) is 3.49. The van der Waals surface area contributed by atoms with E-state index in [2.05, 4.69) is 34.5 Å². The SMILES string of the molecule is CCCC(CCC)n1nnc2cc(-c3ccc(C(=O)NCC)c(F)c3F)ncc21. The molecule has 0 fully saturated rings. The summed E-state index contributed by atoms with van der Waals surface area (Å²) >= 11 is 0. The number of halogens is 2. The molecule has 3 rings (SSSR count). The summed E-state index contributed by atoms with van der Waals surface area (Å²) in [5, 5.41) is 10.9. The Morgan fingerprint density at radius 3 is 2.52 bits per heavy atom. The third kappa shape index (κ3) is 4.11. The highest BCUT2D eigenvalue weighted by Crippen LogP contribution is 2.28. The molecule has 0 aliphatic heterocycles. The van der Waals surface area contributed by atoms with Crippen molar-refractivity contribution >= 4 is 16.9 Å². The maximum Gasteiger partial charge on any atom is 0.254 e. The summed E-state index contributed by atoms with van der Waals surface area (Å²) in [4.78, 5) is 16.2. The van der Waals surface area contributed by atoms with Gasteiger partial charge in [-0.2, -0.15) is 0 Å². The average molecular weight is 401 g/mol. The average Bonchev–Trinajstić information content (AvgIpc) is 3.13. The molecular formula is C21H25F2N5O. The van der Waals surface area contributed by atoms with Crippen molar-refractivity contribution in [2.75, 3.05) is 6.54 Å². The fourth-order valence-corrected chi connectivity index (χ4v) is 3.49. The Bertz CT molecular complexity index is 1010. The van der Waals surface area contributed by atoms with Crippen molar-refractivity contribution in [3.8, 4) is 11.3 Å². The first-order valence-electron chi connectivity index (χ1n) is 9.99. The number of carbonyl (C=O) groups is 1. The normalized spacial score (nSPS) is 11.4. The highest BCUT2D eigenvalue weighted by Gasteiger charge is 2.21. The van der Waals surface area contributed by atoms with Gasteiger partial charge < -0.3 is 5.32 Å². The van der Waals surface area contributed by atoms with Crippen LogP contribution in [0.15, 0.2) is 24.4 Å². The van der Waals surface area contributed by atoms with Crippen LogP contribution in [0.25, 0.3) is 22.3 Å². The van der Waals surface area contributed by atoms with Crippen LogP contribution in [0.2, 0.25) is 0 Å². The van der Waals surface area contributed by atoms with Gasteiger partial charge in [-0.15, -0.1) is 5.10 Å². The third-order valence-corrected chi connectivity index (χ3v) is 4.89. The first-order chi connectivity index (χ1) is 14.0. The predicted octanol–water partition coefficient (Wildman–Crippen LogP) is 4.66. The van der Waals surface area contributed by atoms with Crippen molar-refractivity contribution in [3.05, 3.63) is 41.6 Å². The van der Waals surface area contributed by atoms with Crippen molar-refractivity contribution in [3.63, 3.8) is 0 Å². The lowest BCUT2D eigenvalue weighted by Gasteiger charge is -2.16. The monoisotopic (exact) mass is 401 g/mol. The van der Waals surface area contributed by atoms with Crippen LogP contribution in [0.4, 0.5) is 8.78 Å². The number of nitrogens with one attached hydrogen (secondary N) is 1. The van der Waals surface area contributed by atoms with E-state index in [4.69, 9.17) is 0 Å². The number of benzene rings is 1. The number of fused-ring (bicyclic) bond motifs is 1. The Hall–Kier alpha value is -2.90. The Kier molecular flexibility index (Phi) is 6.51. The second-order valence-corrected chi connectivity index (χ2v) is 6.97. The molecule has 0 bridgehead atoms. The molecule has 2 aromatic heterocycles. The van der Waals surface area contributed by atoms with Crippen molar-refractivity contribution in [1.29, 1.82) is 0 Å². The van der Waals surface area contributed by atoms with Gasteiger partial charge in [0.2, 0.25) is 0 Å². The summed E-state index contributed by atoms with van der Waals surface area (Å²) in [6, 6.07) is 4.45. The molecule has 1 amide bonds. The zero-order chi connectivity index (χ0) is 21.0. The van der Waals surface area contributed by atoms with Gasteiger partial charge in [0.05, 0.1) is 23.5 Å². The molecule has 0 aliphatic rings. The highest BCUT2D eigenvalue weighted by molar-refractivity contribution is 5.95. The first kappa shape index (κ1) is 20.8. The van der Waals surface area contributed by atoms with Crippen molar-refractivity contribution < 1.29 is 13.6 Å². The minimum atomic E-state index is -1.19. The van der Waals surface area contributed by atoms with Crippen LogP contribution in [0.1, 0.15) is 62.9 Å². The van der Waals surface area contributed by atoms with Gasteiger partial charge in [0.25, 0.3) is 5.91 Å². The Labute approximate surface area is 168 Å². The summed E-state index contributed by atoms with van der Waals surface area (Å²) in [5.41, 5.74) is 1.22. The molecule has 0 unspecified atom stereocenters. The van der Waals surface area contributed by atoms with Crippen LogP contribution in [0.3, 0.4) is 0 Å². The third-order valence-electron chi connectivity index (χ3n) is 4.89. The second kappa shape index (κ2) is 9.07. The zero-order valence-electron chi connectivity index (χ0n) is 16.9. The van der Waals surface area contributed by atoms with Crippen molar-refractivity contribution in [1.82, 2.24) is 25.3 Å². The molecule has 0 saturated carbocycles. The van der Waals surface area contributed by atoms with Crippen LogP contribution in [-0.2, 0) is 0 Å². The second-order valence-electron chi connectivity index (χ2n) is 6.97. The fraction of sp³-hybridized carbons (Fsp3) is 0.429. The molecule has 2 heterocycles. The quantitative estimate of drug-likeness (QED) is 0.596. The number of hydrogen-bond acceptors (Lipinski definition) is 4. The topological polar surface area (TPSA) is 72.7 Å². The van der Waals surface area contributed by atoms with E-state index < -0.39 is 17.5 Å². The minimum Gasteiger partial charge on any atom is -0.352 e. The Balaban J connectivity index is 1.99. The van der Waals surface area contributed by atoms with Crippen LogP contribution < -0.4 is 5.32 Å². The molecule has 1 aromatic carbocycles. The number of carbonyl (C=O) groups excluding carboxylic acids is 1. The summed E-state index contributed by atoms with van der Waals surface area (Å²) in [6.07, 6.45) is 5.61. The van der Waals surface area contributed by atoms with E-state index >= 15 is 0 Å². The van der Waals surface area contributed by atoms with E-state index in [1.807, 2.05) is 4.68 Å². The Morgan fingerprint density at radius 2 is 1.86 bits per heavy atom. The molecule has 0 saturated heterocycles. The van der Waals surface area contributed by atoms with Gasteiger partial charge in [-0.3, -0.25) is 9.78 Å². The lowest BCUT2D eigenvalue weighted by Crippen LogP contribution is -2.24. The van der Waals surface area contributed by atoms with Gasteiger partial charge in [0.1, 0.15) is 11.0 Å². The zero-order valence-corrected chi connectivity index (χ0v) is 16.9. The molecule has 29 heavy (non-hydrogen) atoms. The van der Waals surface area contributed by atoms with Crippen LogP contribution in [0, 0.1) is 11.6 Å². The number of nitrogens with zero attached hydrogens (tertiary/aromatic N) is 4. The maximum atomic E-state index is 14.6. The Morgan fingerprint density at radius 1 is 1.14 bits per heavy atom. The standard InChI is InChI=1S/C21H25F2N5O/c1-4-7-13(8-5-2)28-18-12-25-16(11-17(18)26-27-28)14-9-10-15(20(23)19(14)22)21(29)24-6-3/h9-13H,4-8H2,1-3H3,(H,24,29). The summed E-state index contributed by atoms with van der Waals surface area (Å²) in [5.74, 6) is -2.95. The van der Waals surface area contributed by atoms with Gasteiger partial charge in [0, 0.05) is 12.1 Å². The highest BCUT2D eigenvalue weighted by atomic mass is 19.2. The summed E-state index contributed by atoms with van der Waals surface area (Å²) in [7, 11) is 0. The lowest BCUT2D eigenvalue weighted by molar-refractivity contribution is 0.0951. The van der Waals surface area contributed by atoms with E-state index in [1.54, 1.807) is 19.2 Å². The number of aromatic nitrogens is 4. The summed E-state index contributed by atoms with van der Waals surface area (Å²) in [6.45, 7) is 6.28. The van der Waals surface area contributed by atoms with Gasteiger partial charge >= 0.3 is 0 Å². The molecule has 0 spiro atoms. The molecule has 154 valence electrons. The van der Waals surface area contributed by atoms with E-state index in [0.29, 0.717) is 12.1 Å². The van der Waals surface area contributed by atoms with Gasteiger partial charge in [-0.05, 0) is 38.0 Å². The minimum absolute atomic E-state index is 0.0225. The van der Waals surface area contributed by atoms with Gasteiger partial charge in [0.15, 0.2) is 11.6 Å². The van der Waals surface area contributed by atoms with Gasteiger partial charge in [-0.25, -0.2) is 13.5 Å². The smallest absolute Gasteiger partial charge is 0.254 e. The number of pyridine rings is 1. The molecular weight excluding hydrogens is 376 g/mol. The predicted molar refractivity (Wildman–Crippen MR) is 108 cm³/mol. The largest absolute Gasteiger partial charge is 0.352 e. The number of amides is 1. The van der Waals surface area contributed by atoms with E-state index in [0.717, 1.165) is 31.2 Å². The van der Waals surface area contributed by atoms with E-state index in [9.17, 15) is 13.6 Å². The molecule has 0 aliphatic carbocycles.